The molecule has 1 aromatic carbocycles. The normalized spacial score (nSPS) is 19.8. The van der Waals surface area contributed by atoms with Crippen molar-refractivity contribution in [2.45, 2.75) is 19.5 Å². The fourth-order valence-electron chi connectivity index (χ4n) is 2.74. The number of pyridine rings is 1. The second kappa shape index (κ2) is 6.48. The predicted octanol–water partition coefficient (Wildman–Crippen LogP) is 2.59. The first-order valence-electron chi connectivity index (χ1n) is 6.71. The first-order chi connectivity index (χ1) is 9.22. The van der Waals surface area contributed by atoms with Crippen molar-refractivity contribution in [3.8, 4) is 0 Å². The summed E-state index contributed by atoms with van der Waals surface area (Å²) in [5, 5.41) is 4.29. The molecule has 1 fully saturated rings. The maximum Gasteiger partial charge on any atom is 0.124 e. The highest BCUT2D eigenvalue weighted by Gasteiger charge is 2.17. The van der Waals surface area contributed by atoms with Crippen LogP contribution in [0.4, 0.5) is 4.39 Å². The molecule has 1 atom stereocenters. The lowest BCUT2D eigenvalue weighted by molar-refractivity contribution is 0.200. The van der Waals surface area contributed by atoms with Crippen molar-refractivity contribution >= 4 is 23.3 Å². The largest absolute Gasteiger partial charge is 0.312 e. The minimum absolute atomic E-state index is 0. The lowest BCUT2D eigenvalue weighted by Gasteiger charge is -2.31. The predicted molar refractivity (Wildman–Crippen MR) is 81.7 cm³/mol. The molecule has 0 amide bonds. The number of nitrogens with zero attached hydrogens (tertiary/aromatic N) is 2. The van der Waals surface area contributed by atoms with Crippen molar-refractivity contribution in [2.24, 2.45) is 0 Å². The van der Waals surface area contributed by atoms with Gasteiger partial charge in [0, 0.05) is 43.8 Å². The molecule has 20 heavy (non-hydrogen) atoms. The summed E-state index contributed by atoms with van der Waals surface area (Å²) in [4.78, 5) is 6.75. The molecule has 0 saturated carbocycles. The Kier molecular flexibility index (Phi) is 4.91. The second-order valence-electron chi connectivity index (χ2n) is 5.23. The van der Waals surface area contributed by atoms with Gasteiger partial charge in [0.15, 0.2) is 0 Å². The molecule has 2 heterocycles. The van der Waals surface area contributed by atoms with E-state index in [2.05, 4.69) is 22.1 Å². The molecule has 0 spiro atoms. The molecule has 3 nitrogen and oxygen atoms in total. The van der Waals surface area contributed by atoms with Crippen molar-refractivity contribution in [2.75, 3.05) is 19.6 Å². The number of aromatic nitrogens is 1. The van der Waals surface area contributed by atoms with Gasteiger partial charge in [-0.3, -0.25) is 9.88 Å². The van der Waals surface area contributed by atoms with E-state index in [1.165, 1.54) is 0 Å². The lowest BCUT2D eigenvalue weighted by atomic mass is 10.1. The Morgan fingerprint density at radius 3 is 3.10 bits per heavy atom. The number of piperazine rings is 1. The quantitative estimate of drug-likeness (QED) is 0.923. The van der Waals surface area contributed by atoms with E-state index >= 15 is 0 Å². The highest BCUT2D eigenvalue weighted by Crippen LogP contribution is 2.20. The molecule has 0 unspecified atom stereocenters. The van der Waals surface area contributed by atoms with Crippen molar-refractivity contribution < 1.29 is 4.39 Å². The molecule has 1 N–H and O–H groups in total. The van der Waals surface area contributed by atoms with Gasteiger partial charge < -0.3 is 5.32 Å². The van der Waals surface area contributed by atoms with Gasteiger partial charge in [0.2, 0.25) is 0 Å². The lowest BCUT2D eigenvalue weighted by Crippen LogP contribution is -2.48. The van der Waals surface area contributed by atoms with E-state index in [1.807, 2.05) is 12.1 Å². The summed E-state index contributed by atoms with van der Waals surface area (Å²) in [5.41, 5.74) is 1.89. The van der Waals surface area contributed by atoms with Crippen LogP contribution in [0.5, 0.6) is 0 Å². The van der Waals surface area contributed by atoms with E-state index in [0.29, 0.717) is 6.04 Å². The van der Waals surface area contributed by atoms with Gasteiger partial charge in [-0.1, -0.05) is 6.07 Å². The Morgan fingerprint density at radius 1 is 1.45 bits per heavy atom. The van der Waals surface area contributed by atoms with Crippen molar-refractivity contribution in [1.82, 2.24) is 15.2 Å². The second-order valence-corrected chi connectivity index (χ2v) is 5.23. The maximum atomic E-state index is 13.7. The highest BCUT2D eigenvalue weighted by atomic mass is 35.5. The highest BCUT2D eigenvalue weighted by molar-refractivity contribution is 5.85. The van der Waals surface area contributed by atoms with Gasteiger partial charge in [-0.2, -0.15) is 0 Å². The van der Waals surface area contributed by atoms with Crippen LogP contribution in [0.15, 0.2) is 30.5 Å². The topological polar surface area (TPSA) is 28.2 Å². The Labute approximate surface area is 124 Å². The molecule has 1 aliphatic heterocycles. The van der Waals surface area contributed by atoms with E-state index in [0.717, 1.165) is 42.6 Å². The third-order valence-corrected chi connectivity index (χ3v) is 3.60. The van der Waals surface area contributed by atoms with E-state index in [1.54, 1.807) is 18.3 Å². The molecule has 1 saturated heterocycles. The van der Waals surface area contributed by atoms with Gasteiger partial charge in [0.25, 0.3) is 0 Å². The first-order valence-corrected chi connectivity index (χ1v) is 6.71. The average Bonchev–Trinajstić information content (AvgIpc) is 2.38. The molecule has 0 bridgehead atoms. The van der Waals surface area contributed by atoms with Gasteiger partial charge in [-0.15, -0.1) is 12.4 Å². The fraction of sp³-hybridized carbons (Fsp3) is 0.400. The Hall–Kier alpha value is -1.23. The van der Waals surface area contributed by atoms with E-state index in [4.69, 9.17) is 0 Å². The van der Waals surface area contributed by atoms with Gasteiger partial charge in [0.05, 0.1) is 5.52 Å². The molecule has 1 aliphatic rings. The minimum Gasteiger partial charge on any atom is -0.312 e. The summed E-state index contributed by atoms with van der Waals surface area (Å²) in [6.45, 7) is 5.91. The molecule has 108 valence electrons. The van der Waals surface area contributed by atoms with Gasteiger partial charge in [0.1, 0.15) is 5.82 Å². The van der Waals surface area contributed by atoms with Crippen LogP contribution >= 0.6 is 12.4 Å². The molecule has 5 heteroatoms. The molecular formula is C15H19ClFN3. The number of rotatable bonds is 2. The minimum atomic E-state index is -0.182. The van der Waals surface area contributed by atoms with Gasteiger partial charge in [-0.05, 0) is 30.7 Å². The number of hydrogen-bond donors (Lipinski definition) is 1. The van der Waals surface area contributed by atoms with E-state index in [9.17, 15) is 4.39 Å². The molecular weight excluding hydrogens is 277 g/mol. The van der Waals surface area contributed by atoms with Crippen LogP contribution in [0.2, 0.25) is 0 Å². The first kappa shape index (κ1) is 15.2. The molecule has 0 aliphatic carbocycles. The summed E-state index contributed by atoms with van der Waals surface area (Å²) >= 11 is 0. The number of nitrogens with one attached hydrogen (secondary N) is 1. The number of hydrogen-bond acceptors (Lipinski definition) is 3. The van der Waals surface area contributed by atoms with Crippen LogP contribution in [-0.4, -0.2) is 35.6 Å². The number of benzene rings is 1. The van der Waals surface area contributed by atoms with Crippen LogP contribution in [0.1, 0.15) is 12.5 Å². The monoisotopic (exact) mass is 295 g/mol. The van der Waals surface area contributed by atoms with E-state index in [-0.39, 0.29) is 18.2 Å². The van der Waals surface area contributed by atoms with E-state index < -0.39 is 0 Å². The van der Waals surface area contributed by atoms with Crippen LogP contribution in [0.25, 0.3) is 10.9 Å². The zero-order valence-electron chi connectivity index (χ0n) is 11.5. The molecule has 3 rings (SSSR count). The third-order valence-electron chi connectivity index (χ3n) is 3.60. The number of halogens is 2. The maximum absolute atomic E-state index is 13.7. The Bertz CT molecular complexity index is 590. The smallest absolute Gasteiger partial charge is 0.124 e. The third kappa shape index (κ3) is 3.26. The molecule has 2 aromatic rings. The van der Waals surface area contributed by atoms with Crippen molar-refractivity contribution in [3.63, 3.8) is 0 Å². The molecule has 0 radical (unpaired) electrons. The molecule has 1 aromatic heterocycles. The zero-order chi connectivity index (χ0) is 13.2. The summed E-state index contributed by atoms with van der Waals surface area (Å²) in [6.07, 6.45) is 1.77. The summed E-state index contributed by atoms with van der Waals surface area (Å²) in [5.74, 6) is -0.182. The summed E-state index contributed by atoms with van der Waals surface area (Å²) in [6, 6.07) is 7.41. The summed E-state index contributed by atoms with van der Waals surface area (Å²) in [7, 11) is 0. The van der Waals surface area contributed by atoms with Crippen molar-refractivity contribution in [1.29, 1.82) is 0 Å². The fourth-order valence-corrected chi connectivity index (χ4v) is 2.74. The van der Waals surface area contributed by atoms with Gasteiger partial charge in [-0.25, -0.2) is 4.39 Å². The van der Waals surface area contributed by atoms with Crippen LogP contribution in [0, 0.1) is 5.82 Å². The standard InChI is InChI=1S/C15H18FN3.ClH/c1-11-9-19(6-5-17-11)10-13-8-14(16)7-12-3-2-4-18-15(12)13;/h2-4,7-8,11,17H,5-6,9-10H2,1H3;1H/t11-;/m0./s1. The van der Waals surface area contributed by atoms with Crippen LogP contribution in [-0.2, 0) is 6.54 Å². The zero-order valence-corrected chi connectivity index (χ0v) is 12.3. The van der Waals surface area contributed by atoms with Crippen LogP contribution in [0.3, 0.4) is 0 Å². The summed E-state index contributed by atoms with van der Waals surface area (Å²) < 4.78 is 13.7. The van der Waals surface area contributed by atoms with Crippen LogP contribution < -0.4 is 5.32 Å². The SMILES string of the molecule is C[C@H]1CN(Cc2cc(F)cc3cccnc23)CCN1.Cl. The average molecular weight is 296 g/mol. The Morgan fingerprint density at radius 2 is 2.30 bits per heavy atom. The Balaban J connectivity index is 0.00000147. The van der Waals surface area contributed by atoms with Gasteiger partial charge >= 0.3 is 0 Å². The van der Waals surface area contributed by atoms with Crippen molar-refractivity contribution in [3.05, 3.63) is 41.8 Å². The number of fused-ring (bicyclic) bond motifs is 1.